The van der Waals surface area contributed by atoms with Gasteiger partial charge in [-0.15, -0.1) is 11.3 Å². The molecular weight excluding hydrogens is 331 g/mol. The monoisotopic (exact) mass is 348 g/mol. The van der Waals surface area contributed by atoms with Crippen LogP contribution in [0.4, 0.5) is 4.39 Å². The third-order valence-electron chi connectivity index (χ3n) is 3.98. The minimum Gasteiger partial charge on any atom is -0.395 e. The molecule has 24 heavy (non-hydrogen) atoms. The fourth-order valence-corrected chi connectivity index (χ4v) is 3.80. The van der Waals surface area contributed by atoms with E-state index in [4.69, 9.17) is 5.11 Å². The van der Waals surface area contributed by atoms with E-state index in [9.17, 15) is 14.0 Å². The average Bonchev–Trinajstić information content (AvgIpc) is 2.95. The summed E-state index contributed by atoms with van der Waals surface area (Å²) >= 11 is 1.36. The molecule has 1 N–H and O–H groups in total. The molecule has 3 aromatic rings. The average molecular weight is 348 g/mol. The molecule has 0 saturated carbocycles. The van der Waals surface area contributed by atoms with Crippen LogP contribution in [0.3, 0.4) is 0 Å². The summed E-state index contributed by atoms with van der Waals surface area (Å²) in [7, 11) is 0. The molecule has 0 fully saturated rings. The van der Waals surface area contributed by atoms with E-state index in [1.54, 1.807) is 16.7 Å². The number of benzene rings is 1. The second-order valence-corrected chi connectivity index (χ2v) is 6.45. The molecule has 0 bridgehead atoms. The van der Waals surface area contributed by atoms with Gasteiger partial charge in [-0.05, 0) is 42.0 Å². The van der Waals surface area contributed by atoms with Crippen molar-refractivity contribution in [3.63, 3.8) is 0 Å². The van der Waals surface area contributed by atoms with Crippen molar-refractivity contribution in [2.24, 2.45) is 0 Å². The van der Waals surface area contributed by atoms with Crippen LogP contribution in [0.2, 0.25) is 0 Å². The van der Waals surface area contributed by atoms with Crippen molar-refractivity contribution in [1.29, 1.82) is 0 Å². The maximum absolute atomic E-state index is 13.0. The Morgan fingerprint density at radius 2 is 1.83 bits per heavy atom. The molecule has 1 aromatic carbocycles. The lowest BCUT2D eigenvalue weighted by molar-refractivity contribution is 0.270. The molecule has 2 aromatic heterocycles. The molecule has 0 amide bonds. The van der Waals surface area contributed by atoms with Gasteiger partial charge in [-0.2, -0.15) is 0 Å². The number of aliphatic hydroxyl groups excluding tert-OH is 1. The first-order valence-corrected chi connectivity index (χ1v) is 8.47. The topological polar surface area (TPSA) is 64.2 Å². The van der Waals surface area contributed by atoms with Gasteiger partial charge >= 0.3 is 5.69 Å². The van der Waals surface area contributed by atoms with E-state index >= 15 is 0 Å². The molecule has 0 spiro atoms. The molecule has 3 rings (SSSR count). The van der Waals surface area contributed by atoms with Gasteiger partial charge in [0.15, 0.2) is 0 Å². The van der Waals surface area contributed by atoms with Crippen molar-refractivity contribution in [3.8, 4) is 0 Å². The second kappa shape index (κ2) is 6.70. The Balaban J connectivity index is 2.07. The second-order valence-electron chi connectivity index (χ2n) is 5.59. The predicted octanol–water partition coefficient (Wildman–Crippen LogP) is 1.91. The molecule has 7 heteroatoms. The highest BCUT2D eigenvalue weighted by atomic mass is 32.1. The third kappa shape index (κ3) is 2.92. The largest absolute Gasteiger partial charge is 0.395 e. The molecule has 0 saturated heterocycles. The molecule has 0 radical (unpaired) electrons. The number of aliphatic hydroxyl groups is 1. The highest BCUT2D eigenvalue weighted by molar-refractivity contribution is 7.17. The maximum Gasteiger partial charge on any atom is 0.332 e. The van der Waals surface area contributed by atoms with Crippen molar-refractivity contribution >= 4 is 21.6 Å². The first-order chi connectivity index (χ1) is 11.5. The zero-order valence-electron chi connectivity index (χ0n) is 13.2. The van der Waals surface area contributed by atoms with E-state index in [1.165, 1.54) is 23.5 Å². The number of rotatable bonds is 5. The highest BCUT2D eigenvalue weighted by Gasteiger charge is 2.16. The van der Waals surface area contributed by atoms with Gasteiger partial charge < -0.3 is 5.11 Å². The zero-order valence-corrected chi connectivity index (χ0v) is 14.0. The Morgan fingerprint density at radius 1 is 1.12 bits per heavy atom. The molecule has 0 aliphatic heterocycles. The van der Waals surface area contributed by atoms with Crippen LogP contribution in [0.15, 0.2) is 39.2 Å². The van der Waals surface area contributed by atoms with Gasteiger partial charge in [-0.3, -0.25) is 13.9 Å². The minimum absolute atomic E-state index is 0.0283. The number of aryl methyl sites for hydroxylation is 3. The van der Waals surface area contributed by atoms with Gasteiger partial charge in [-0.1, -0.05) is 12.1 Å². The van der Waals surface area contributed by atoms with Crippen molar-refractivity contribution < 1.29 is 9.50 Å². The highest BCUT2D eigenvalue weighted by Crippen LogP contribution is 2.21. The SMILES string of the molecule is Cc1csc2c1c(=O)n(CCO)c(=O)n2CCc1ccc(F)cc1. The van der Waals surface area contributed by atoms with E-state index in [-0.39, 0.29) is 24.5 Å². The Kier molecular flexibility index (Phi) is 4.64. The molecule has 126 valence electrons. The number of hydrogen-bond acceptors (Lipinski definition) is 4. The Hall–Kier alpha value is -2.25. The Labute approximate surface area is 141 Å². The Bertz CT molecular complexity index is 986. The van der Waals surface area contributed by atoms with Gasteiger partial charge in [0.1, 0.15) is 10.6 Å². The zero-order chi connectivity index (χ0) is 17.3. The number of thiophene rings is 1. The summed E-state index contributed by atoms with van der Waals surface area (Å²) in [6.45, 7) is 1.91. The van der Waals surface area contributed by atoms with Gasteiger partial charge in [0.05, 0.1) is 18.5 Å². The van der Waals surface area contributed by atoms with Crippen molar-refractivity contribution in [2.45, 2.75) is 26.4 Å². The summed E-state index contributed by atoms with van der Waals surface area (Å²) in [5.41, 5.74) is 0.943. The fraction of sp³-hybridized carbons (Fsp3) is 0.294. The van der Waals surface area contributed by atoms with Gasteiger partial charge in [0.2, 0.25) is 0 Å². The third-order valence-corrected chi connectivity index (χ3v) is 5.10. The number of aromatic nitrogens is 2. The van der Waals surface area contributed by atoms with E-state index in [0.717, 1.165) is 15.7 Å². The summed E-state index contributed by atoms with van der Waals surface area (Å²) in [4.78, 5) is 25.8. The molecule has 0 unspecified atom stereocenters. The van der Waals surface area contributed by atoms with Crippen molar-refractivity contribution in [3.05, 3.63) is 67.4 Å². The van der Waals surface area contributed by atoms with Crippen molar-refractivity contribution in [1.82, 2.24) is 9.13 Å². The van der Waals surface area contributed by atoms with Gasteiger partial charge in [0, 0.05) is 6.54 Å². The summed E-state index contributed by atoms with van der Waals surface area (Å²) < 4.78 is 15.6. The van der Waals surface area contributed by atoms with Crippen LogP contribution in [0.5, 0.6) is 0 Å². The van der Waals surface area contributed by atoms with E-state index in [1.807, 2.05) is 12.3 Å². The molecule has 2 heterocycles. The minimum atomic E-state index is -0.425. The number of fused-ring (bicyclic) bond motifs is 1. The maximum atomic E-state index is 13.0. The molecule has 0 aliphatic carbocycles. The van der Waals surface area contributed by atoms with Crippen LogP contribution in [0, 0.1) is 12.7 Å². The summed E-state index contributed by atoms with van der Waals surface area (Å²) in [6, 6.07) is 6.13. The standard InChI is InChI=1S/C17H17FN2O3S/c1-11-10-24-16-14(11)15(22)19(8-9-21)17(23)20(16)7-6-12-2-4-13(18)5-3-12/h2-5,10,21H,6-9H2,1H3. The first kappa shape index (κ1) is 16.6. The summed E-state index contributed by atoms with van der Waals surface area (Å²) in [5, 5.41) is 11.5. The van der Waals surface area contributed by atoms with E-state index < -0.39 is 5.69 Å². The molecule has 0 aliphatic rings. The van der Waals surface area contributed by atoms with Crippen LogP contribution in [0.25, 0.3) is 10.2 Å². The number of halogens is 1. The van der Waals surface area contributed by atoms with Crippen LogP contribution >= 0.6 is 11.3 Å². The first-order valence-electron chi connectivity index (χ1n) is 7.59. The quantitative estimate of drug-likeness (QED) is 0.766. The van der Waals surface area contributed by atoms with Crippen LogP contribution < -0.4 is 11.2 Å². The lowest BCUT2D eigenvalue weighted by atomic mass is 10.1. The lowest BCUT2D eigenvalue weighted by Crippen LogP contribution is -2.40. The number of nitrogens with zero attached hydrogens (tertiary/aromatic N) is 2. The predicted molar refractivity (Wildman–Crippen MR) is 92.3 cm³/mol. The summed E-state index contributed by atoms with van der Waals surface area (Å²) in [6.07, 6.45) is 0.545. The van der Waals surface area contributed by atoms with E-state index in [2.05, 4.69) is 0 Å². The van der Waals surface area contributed by atoms with Crippen molar-refractivity contribution in [2.75, 3.05) is 6.61 Å². The summed E-state index contributed by atoms with van der Waals surface area (Å²) in [5.74, 6) is -0.302. The van der Waals surface area contributed by atoms with Crippen LogP contribution in [-0.2, 0) is 19.5 Å². The van der Waals surface area contributed by atoms with Gasteiger partial charge in [-0.25, -0.2) is 9.18 Å². The fourth-order valence-electron chi connectivity index (χ4n) is 2.73. The molecule has 5 nitrogen and oxygen atoms in total. The smallest absolute Gasteiger partial charge is 0.332 e. The lowest BCUT2D eigenvalue weighted by Gasteiger charge is -2.11. The Morgan fingerprint density at radius 3 is 2.50 bits per heavy atom. The normalized spacial score (nSPS) is 11.3. The van der Waals surface area contributed by atoms with E-state index in [0.29, 0.717) is 23.2 Å². The number of hydrogen-bond donors (Lipinski definition) is 1. The van der Waals surface area contributed by atoms with Crippen LogP contribution in [0.1, 0.15) is 11.1 Å². The molecule has 0 atom stereocenters. The molecular formula is C17H17FN2O3S. The van der Waals surface area contributed by atoms with Crippen LogP contribution in [-0.4, -0.2) is 20.8 Å². The van der Waals surface area contributed by atoms with Gasteiger partial charge in [0.25, 0.3) is 5.56 Å².